The van der Waals surface area contributed by atoms with Crippen LogP contribution in [-0.2, 0) is 0 Å². The number of hydrogen-bond acceptors (Lipinski definition) is 4. The van der Waals surface area contributed by atoms with Crippen molar-refractivity contribution in [3.63, 3.8) is 0 Å². The number of aryl methyl sites for hydroxylation is 1. The van der Waals surface area contributed by atoms with Crippen molar-refractivity contribution in [3.8, 4) is 5.75 Å². The van der Waals surface area contributed by atoms with E-state index in [1.165, 1.54) is 6.21 Å². The number of phenolic OH excluding ortho intramolecular Hbond substituents is 1. The third kappa shape index (κ3) is 1.61. The Hall–Kier alpha value is -2.10. The zero-order valence-electron chi connectivity index (χ0n) is 8.18. The highest BCUT2D eigenvalue weighted by Crippen LogP contribution is 2.24. The Labute approximate surface area is 86.5 Å². The fourth-order valence-electron chi connectivity index (χ4n) is 1.48. The van der Waals surface area contributed by atoms with Gasteiger partial charge in [0.1, 0.15) is 5.75 Å². The lowest BCUT2D eigenvalue weighted by Crippen LogP contribution is -1.90. The molecule has 0 atom stereocenters. The highest BCUT2D eigenvalue weighted by molar-refractivity contribution is 6.00. The van der Waals surface area contributed by atoms with Gasteiger partial charge in [0.15, 0.2) is 0 Å². The molecule has 1 aromatic heterocycles. The molecule has 0 aliphatic carbocycles. The minimum atomic E-state index is 0.0541. The van der Waals surface area contributed by atoms with Gasteiger partial charge in [0.25, 0.3) is 0 Å². The standard InChI is InChI=1S/C11H10N2O2/c1-7-2-3-8-4-5-10(14)9(6-12-15)11(8)13-7/h2-6,14-15H,1H3. The highest BCUT2D eigenvalue weighted by Gasteiger charge is 2.06. The van der Waals surface area contributed by atoms with Gasteiger partial charge in [-0.3, -0.25) is 4.98 Å². The Kier molecular flexibility index (Phi) is 2.25. The summed E-state index contributed by atoms with van der Waals surface area (Å²) in [5, 5.41) is 21.9. The molecule has 1 aromatic carbocycles. The van der Waals surface area contributed by atoms with Gasteiger partial charge in [-0.2, -0.15) is 0 Å². The summed E-state index contributed by atoms with van der Waals surface area (Å²) in [5.41, 5.74) is 1.91. The second-order valence-electron chi connectivity index (χ2n) is 3.27. The van der Waals surface area contributed by atoms with E-state index in [1.54, 1.807) is 12.1 Å². The van der Waals surface area contributed by atoms with E-state index in [1.807, 2.05) is 19.1 Å². The minimum Gasteiger partial charge on any atom is -0.507 e. The predicted molar refractivity (Wildman–Crippen MR) is 57.5 cm³/mol. The molecule has 15 heavy (non-hydrogen) atoms. The van der Waals surface area contributed by atoms with E-state index in [4.69, 9.17) is 5.21 Å². The Balaban J connectivity index is 2.84. The van der Waals surface area contributed by atoms with Crippen LogP contribution in [0.5, 0.6) is 5.75 Å². The van der Waals surface area contributed by atoms with Crippen molar-refractivity contribution >= 4 is 17.1 Å². The van der Waals surface area contributed by atoms with Crippen LogP contribution in [0.3, 0.4) is 0 Å². The first kappa shape index (κ1) is 9.45. The summed E-state index contributed by atoms with van der Waals surface area (Å²) in [6.45, 7) is 1.86. The second-order valence-corrected chi connectivity index (χ2v) is 3.27. The summed E-state index contributed by atoms with van der Waals surface area (Å²) in [6.07, 6.45) is 1.18. The van der Waals surface area contributed by atoms with Gasteiger partial charge in [-0.1, -0.05) is 11.2 Å². The molecule has 2 aromatic rings. The van der Waals surface area contributed by atoms with Gasteiger partial charge in [-0.05, 0) is 25.1 Å². The van der Waals surface area contributed by atoms with Gasteiger partial charge in [0.05, 0.1) is 17.3 Å². The van der Waals surface area contributed by atoms with Crippen molar-refractivity contribution in [2.75, 3.05) is 0 Å². The normalized spacial score (nSPS) is 11.3. The smallest absolute Gasteiger partial charge is 0.126 e. The lowest BCUT2D eigenvalue weighted by Gasteiger charge is -2.04. The zero-order chi connectivity index (χ0) is 10.8. The van der Waals surface area contributed by atoms with Crippen molar-refractivity contribution < 1.29 is 10.3 Å². The average Bonchev–Trinajstić information content (AvgIpc) is 2.23. The maximum Gasteiger partial charge on any atom is 0.126 e. The van der Waals surface area contributed by atoms with Crippen molar-refractivity contribution in [1.29, 1.82) is 0 Å². The molecule has 4 heteroatoms. The average molecular weight is 202 g/mol. The van der Waals surface area contributed by atoms with Crippen molar-refractivity contribution in [3.05, 3.63) is 35.5 Å². The molecule has 2 rings (SSSR count). The maximum atomic E-state index is 9.59. The molecule has 76 valence electrons. The molecule has 2 N–H and O–H groups in total. The van der Waals surface area contributed by atoms with Gasteiger partial charge < -0.3 is 10.3 Å². The molecule has 0 spiro atoms. The van der Waals surface area contributed by atoms with Gasteiger partial charge in [-0.25, -0.2) is 0 Å². The number of fused-ring (bicyclic) bond motifs is 1. The molecular weight excluding hydrogens is 192 g/mol. The molecule has 0 saturated heterocycles. The van der Waals surface area contributed by atoms with Gasteiger partial charge >= 0.3 is 0 Å². The van der Waals surface area contributed by atoms with Gasteiger partial charge in [0, 0.05) is 11.1 Å². The molecular formula is C11H10N2O2. The fourth-order valence-corrected chi connectivity index (χ4v) is 1.48. The summed E-state index contributed by atoms with van der Waals surface area (Å²) >= 11 is 0. The van der Waals surface area contributed by atoms with Gasteiger partial charge in [0.2, 0.25) is 0 Å². The third-order valence-corrected chi connectivity index (χ3v) is 2.20. The first-order chi connectivity index (χ1) is 7.22. The highest BCUT2D eigenvalue weighted by atomic mass is 16.4. The zero-order valence-corrected chi connectivity index (χ0v) is 8.18. The predicted octanol–water partition coefficient (Wildman–Crippen LogP) is 2.06. The van der Waals surface area contributed by atoms with Gasteiger partial charge in [-0.15, -0.1) is 0 Å². The molecule has 0 saturated carbocycles. The number of phenols is 1. The first-order valence-electron chi connectivity index (χ1n) is 4.49. The monoisotopic (exact) mass is 202 g/mol. The van der Waals surface area contributed by atoms with E-state index in [2.05, 4.69) is 10.1 Å². The molecule has 0 amide bonds. The number of hydrogen-bond donors (Lipinski definition) is 2. The van der Waals surface area contributed by atoms with E-state index in [9.17, 15) is 5.11 Å². The Morgan fingerprint density at radius 3 is 2.73 bits per heavy atom. The van der Waals surface area contributed by atoms with Crippen LogP contribution in [0.4, 0.5) is 0 Å². The quantitative estimate of drug-likeness (QED) is 0.422. The molecule has 0 bridgehead atoms. The molecule has 0 radical (unpaired) electrons. The number of benzene rings is 1. The Morgan fingerprint density at radius 2 is 2.00 bits per heavy atom. The van der Waals surface area contributed by atoms with Crippen molar-refractivity contribution in [2.24, 2.45) is 5.16 Å². The number of aromatic hydroxyl groups is 1. The fraction of sp³-hybridized carbons (Fsp3) is 0.0909. The SMILES string of the molecule is Cc1ccc2ccc(O)c(C=NO)c2n1. The Morgan fingerprint density at radius 1 is 1.27 bits per heavy atom. The van der Waals surface area contributed by atoms with E-state index >= 15 is 0 Å². The van der Waals surface area contributed by atoms with Crippen LogP contribution in [0, 0.1) is 6.92 Å². The lowest BCUT2D eigenvalue weighted by atomic mass is 10.1. The first-order valence-corrected chi connectivity index (χ1v) is 4.49. The molecule has 0 aliphatic heterocycles. The molecule has 0 unspecified atom stereocenters. The molecule has 0 fully saturated rings. The second kappa shape index (κ2) is 3.57. The van der Waals surface area contributed by atoms with Crippen LogP contribution in [0.15, 0.2) is 29.4 Å². The number of aromatic nitrogens is 1. The minimum absolute atomic E-state index is 0.0541. The largest absolute Gasteiger partial charge is 0.507 e. The van der Waals surface area contributed by atoms with Crippen molar-refractivity contribution in [2.45, 2.75) is 6.92 Å². The van der Waals surface area contributed by atoms with Crippen LogP contribution in [0.25, 0.3) is 10.9 Å². The topological polar surface area (TPSA) is 65.7 Å². The molecule has 4 nitrogen and oxygen atoms in total. The third-order valence-electron chi connectivity index (χ3n) is 2.20. The molecule has 1 heterocycles. The van der Waals surface area contributed by atoms with E-state index in [0.717, 1.165) is 11.1 Å². The maximum absolute atomic E-state index is 9.59. The summed E-state index contributed by atoms with van der Waals surface area (Å²) < 4.78 is 0. The summed E-state index contributed by atoms with van der Waals surface area (Å²) in [4.78, 5) is 4.29. The van der Waals surface area contributed by atoms with E-state index < -0.39 is 0 Å². The van der Waals surface area contributed by atoms with E-state index in [-0.39, 0.29) is 5.75 Å². The van der Waals surface area contributed by atoms with Crippen LogP contribution in [0.1, 0.15) is 11.3 Å². The van der Waals surface area contributed by atoms with Crippen LogP contribution in [0.2, 0.25) is 0 Å². The Bertz CT molecular complexity index is 530. The van der Waals surface area contributed by atoms with Crippen molar-refractivity contribution in [1.82, 2.24) is 4.98 Å². The lowest BCUT2D eigenvalue weighted by molar-refractivity contribution is 0.321. The number of oxime groups is 1. The van der Waals surface area contributed by atoms with Crippen LogP contribution >= 0.6 is 0 Å². The number of rotatable bonds is 1. The summed E-state index contributed by atoms with van der Waals surface area (Å²) in [5.74, 6) is 0.0541. The van der Waals surface area contributed by atoms with E-state index in [0.29, 0.717) is 11.1 Å². The van der Waals surface area contributed by atoms with Crippen LogP contribution in [-0.4, -0.2) is 21.5 Å². The molecule has 0 aliphatic rings. The summed E-state index contributed by atoms with van der Waals surface area (Å²) in [7, 11) is 0. The van der Waals surface area contributed by atoms with Crippen LogP contribution < -0.4 is 0 Å². The summed E-state index contributed by atoms with van der Waals surface area (Å²) in [6, 6.07) is 7.12. The number of nitrogens with zero attached hydrogens (tertiary/aromatic N) is 2. The number of pyridine rings is 1.